The maximum Gasteiger partial charge on any atom is 0.494 e. The maximum absolute atomic E-state index is 11.4. The van der Waals surface area contributed by atoms with Crippen LogP contribution in [0.3, 0.4) is 0 Å². The van der Waals surface area contributed by atoms with Gasteiger partial charge < -0.3 is 19.7 Å². The highest BCUT2D eigenvalue weighted by Crippen LogP contribution is 2.36. The Balaban J connectivity index is 2.18. The van der Waals surface area contributed by atoms with Gasteiger partial charge in [-0.15, -0.1) is 11.6 Å². The number of aliphatic hydroxyl groups excluding tert-OH is 1. The Kier molecular flexibility index (Phi) is 5.41. The number of aldehydes is 1. The van der Waals surface area contributed by atoms with Crippen LogP contribution in [-0.4, -0.2) is 48.2 Å². The van der Waals surface area contributed by atoms with Crippen molar-refractivity contribution >= 4 is 36.2 Å². The highest BCUT2D eigenvalue weighted by Gasteiger charge is 2.51. The van der Waals surface area contributed by atoms with Gasteiger partial charge in [0.1, 0.15) is 0 Å². The molecule has 2 N–H and O–H groups in total. The SMILES string of the molecule is CC1(C)OB(c2ccc(NCC(O)CCl)c(C=O)c2)OC1(C)C. The summed E-state index contributed by atoms with van der Waals surface area (Å²) in [6.45, 7) is 8.21. The number of anilines is 1. The third-order valence-electron chi connectivity index (χ3n) is 4.43. The van der Waals surface area contributed by atoms with Gasteiger partial charge in [0.2, 0.25) is 0 Å². The second kappa shape index (κ2) is 6.81. The van der Waals surface area contributed by atoms with Crippen LogP contribution in [0.2, 0.25) is 0 Å². The third-order valence-corrected chi connectivity index (χ3v) is 4.79. The molecule has 1 saturated heterocycles. The van der Waals surface area contributed by atoms with Crippen molar-refractivity contribution in [3.05, 3.63) is 23.8 Å². The van der Waals surface area contributed by atoms with Crippen molar-refractivity contribution in [3.63, 3.8) is 0 Å². The summed E-state index contributed by atoms with van der Waals surface area (Å²) in [4.78, 5) is 11.4. The minimum Gasteiger partial charge on any atom is -0.399 e. The van der Waals surface area contributed by atoms with E-state index in [1.807, 2.05) is 33.8 Å². The lowest BCUT2D eigenvalue weighted by molar-refractivity contribution is 0.00578. The van der Waals surface area contributed by atoms with Crippen molar-refractivity contribution in [2.75, 3.05) is 17.7 Å². The van der Waals surface area contributed by atoms with Crippen molar-refractivity contribution in [1.29, 1.82) is 0 Å². The average Bonchev–Trinajstić information content (AvgIpc) is 2.72. The number of hydrogen-bond donors (Lipinski definition) is 2. The van der Waals surface area contributed by atoms with Gasteiger partial charge in [0, 0.05) is 17.8 Å². The van der Waals surface area contributed by atoms with Crippen LogP contribution in [0.5, 0.6) is 0 Å². The van der Waals surface area contributed by atoms with Gasteiger partial charge in [-0.3, -0.25) is 4.79 Å². The Bertz CT molecular complexity index is 563. The van der Waals surface area contributed by atoms with E-state index >= 15 is 0 Å². The molecule has 5 nitrogen and oxygen atoms in total. The molecule has 1 fully saturated rings. The van der Waals surface area contributed by atoms with Crippen LogP contribution in [0.25, 0.3) is 0 Å². The van der Waals surface area contributed by atoms with Gasteiger partial charge in [-0.25, -0.2) is 0 Å². The molecule has 0 bridgehead atoms. The highest BCUT2D eigenvalue weighted by molar-refractivity contribution is 6.62. The first-order chi connectivity index (χ1) is 10.7. The van der Waals surface area contributed by atoms with Crippen LogP contribution in [0.1, 0.15) is 38.1 Å². The lowest BCUT2D eigenvalue weighted by Crippen LogP contribution is -2.41. The highest BCUT2D eigenvalue weighted by atomic mass is 35.5. The molecular weight excluding hydrogens is 316 g/mol. The fraction of sp³-hybridized carbons (Fsp3) is 0.562. The second-order valence-corrected chi connectivity index (χ2v) is 7.05. The lowest BCUT2D eigenvalue weighted by atomic mass is 9.78. The molecule has 0 spiro atoms. The Morgan fingerprint density at radius 1 is 1.30 bits per heavy atom. The topological polar surface area (TPSA) is 67.8 Å². The molecule has 0 aromatic heterocycles. The zero-order valence-electron chi connectivity index (χ0n) is 13.9. The number of carbonyl (C=O) groups excluding carboxylic acids is 1. The van der Waals surface area contributed by atoms with Crippen molar-refractivity contribution in [2.24, 2.45) is 0 Å². The van der Waals surface area contributed by atoms with E-state index in [0.717, 1.165) is 11.7 Å². The number of rotatable bonds is 6. The molecule has 1 unspecified atom stereocenters. The van der Waals surface area contributed by atoms with E-state index < -0.39 is 24.4 Å². The van der Waals surface area contributed by atoms with Crippen LogP contribution < -0.4 is 10.8 Å². The van der Waals surface area contributed by atoms with Crippen molar-refractivity contribution < 1.29 is 19.2 Å². The molecule has 1 aliphatic rings. The Labute approximate surface area is 142 Å². The van der Waals surface area contributed by atoms with E-state index in [2.05, 4.69) is 5.32 Å². The third kappa shape index (κ3) is 3.88. The monoisotopic (exact) mass is 339 g/mol. The van der Waals surface area contributed by atoms with E-state index in [-0.39, 0.29) is 12.4 Å². The van der Waals surface area contributed by atoms with Gasteiger partial charge in [-0.1, -0.05) is 6.07 Å². The summed E-state index contributed by atoms with van der Waals surface area (Å²) in [5.74, 6) is 0.134. The lowest BCUT2D eigenvalue weighted by Gasteiger charge is -2.32. The van der Waals surface area contributed by atoms with Gasteiger partial charge in [0.25, 0.3) is 0 Å². The van der Waals surface area contributed by atoms with Crippen molar-refractivity contribution in [2.45, 2.75) is 45.0 Å². The zero-order chi connectivity index (χ0) is 17.3. The molecular formula is C16H23BClNO4. The largest absolute Gasteiger partial charge is 0.494 e. The molecule has 23 heavy (non-hydrogen) atoms. The number of halogens is 1. The molecule has 1 aromatic rings. The number of benzene rings is 1. The first kappa shape index (κ1) is 18.3. The van der Waals surface area contributed by atoms with Crippen LogP contribution >= 0.6 is 11.6 Å². The average molecular weight is 340 g/mol. The molecule has 0 amide bonds. The van der Waals surface area contributed by atoms with Gasteiger partial charge in [-0.05, 0) is 45.3 Å². The van der Waals surface area contributed by atoms with E-state index in [1.165, 1.54) is 0 Å². The molecule has 1 heterocycles. The van der Waals surface area contributed by atoms with Crippen LogP contribution in [0, 0.1) is 0 Å². The fourth-order valence-corrected chi connectivity index (χ4v) is 2.36. The second-order valence-electron chi connectivity index (χ2n) is 6.74. The minimum absolute atomic E-state index is 0.134. The molecule has 0 radical (unpaired) electrons. The summed E-state index contributed by atoms with van der Waals surface area (Å²) in [6.07, 6.45) is 0.100. The smallest absolute Gasteiger partial charge is 0.399 e. The van der Waals surface area contributed by atoms with Crippen LogP contribution in [0.4, 0.5) is 5.69 Å². The number of hydrogen-bond acceptors (Lipinski definition) is 5. The standard InChI is InChI=1S/C16H23BClNO4/c1-15(2)16(3,4)23-17(22-15)12-5-6-14(11(7-12)10-20)19-9-13(21)8-18/h5-7,10,13,19,21H,8-9H2,1-4H3. The van der Waals surface area contributed by atoms with Gasteiger partial charge in [-0.2, -0.15) is 0 Å². The summed E-state index contributed by atoms with van der Waals surface area (Å²) in [6, 6.07) is 5.38. The normalized spacial score (nSPS) is 20.3. The summed E-state index contributed by atoms with van der Waals surface area (Å²) in [7, 11) is -0.513. The molecule has 1 atom stereocenters. The van der Waals surface area contributed by atoms with Crippen molar-refractivity contribution in [1.82, 2.24) is 0 Å². The number of aliphatic hydroxyl groups is 1. The van der Waals surface area contributed by atoms with Gasteiger partial charge >= 0.3 is 7.12 Å². The minimum atomic E-state index is -0.668. The fourth-order valence-electron chi connectivity index (χ4n) is 2.25. The van der Waals surface area contributed by atoms with E-state index in [1.54, 1.807) is 12.1 Å². The Hall–Kier alpha value is -1.08. The first-order valence-electron chi connectivity index (χ1n) is 7.63. The molecule has 1 aliphatic heterocycles. The predicted octanol–water partition coefficient (Wildman–Crippen LogP) is 1.81. The molecule has 126 valence electrons. The van der Waals surface area contributed by atoms with E-state index in [4.69, 9.17) is 20.9 Å². The van der Waals surface area contributed by atoms with E-state index in [0.29, 0.717) is 11.3 Å². The van der Waals surface area contributed by atoms with Crippen LogP contribution in [-0.2, 0) is 9.31 Å². The summed E-state index contributed by atoms with van der Waals surface area (Å²) in [5, 5.41) is 12.5. The quantitative estimate of drug-likeness (QED) is 0.470. The summed E-state index contributed by atoms with van der Waals surface area (Å²) < 4.78 is 12.0. The molecule has 2 rings (SSSR count). The predicted molar refractivity (Wildman–Crippen MR) is 92.8 cm³/mol. The molecule has 0 aliphatic carbocycles. The summed E-state index contributed by atoms with van der Waals surface area (Å²) in [5.41, 5.74) is 1.05. The van der Waals surface area contributed by atoms with E-state index in [9.17, 15) is 9.90 Å². The zero-order valence-corrected chi connectivity index (χ0v) is 14.7. The maximum atomic E-state index is 11.4. The van der Waals surface area contributed by atoms with Gasteiger partial charge in [0.15, 0.2) is 6.29 Å². The van der Waals surface area contributed by atoms with Crippen LogP contribution in [0.15, 0.2) is 18.2 Å². The van der Waals surface area contributed by atoms with Gasteiger partial charge in [0.05, 0.1) is 23.2 Å². The number of nitrogens with one attached hydrogen (secondary N) is 1. The Morgan fingerprint density at radius 3 is 2.43 bits per heavy atom. The molecule has 1 aromatic carbocycles. The summed E-state index contributed by atoms with van der Waals surface area (Å²) >= 11 is 5.56. The number of carbonyl (C=O) groups is 1. The first-order valence-corrected chi connectivity index (χ1v) is 8.16. The Morgan fingerprint density at radius 2 is 1.91 bits per heavy atom. The molecule has 7 heteroatoms. The van der Waals surface area contributed by atoms with Crippen molar-refractivity contribution in [3.8, 4) is 0 Å². The number of alkyl halides is 1. The molecule has 0 saturated carbocycles.